The van der Waals surface area contributed by atoms with Crippen molar-refractivity contribution in [3.05, 3.63) is 22.7 Å². The predicted octanol–water partition coefficient (Wildman–Crippen LogP) is 0.733. The number of aromatic nitrogens is 2. The second kappa shape index (κ2) is 4.42. The summed E-state index contributed by atoms with van der Waals surface area (Å²) in [6.45, 7) is 2.11. The quantitative estimate of drug-likeness (QED) is 0.738. The van der Waals surface area contributed by atoms with E-state index in [0.29, 0.717) is 28.8 Å². The summed E-state index contributed by atoms with van der Waals surface area (Å²) < 4.78 is 4.93. The average Bonchev–Trinajstić information content (AvgIpc) is 2.82. The zero-order valence-corrected chi connectivity index (χ0v) is 9.87. The molecule has 0 fully saturated rings. The molecule has 2 heterocycles. The number of nitrogens with zero attached hydrogens (tertiary/aromatic N) is 2. The van der Waals surface area contributed by atoms with Crippen LogP contribution in [0.25, 0.3) is 0 Å². The fourth-order valence-electron chi connectivity index (χ4n) is 1.26. The Balaban J connectivity index is 2.04. The first-order chi connectivity index (χ1) is 8.06. The summed E-state index contributed by atoms with van der Waals surface area (Å²) in [7, 11) is 0. The standard InChI is InChI=1S/C9H11N5O2S/c1-4-13-6(16-14-4)3-12-7-2-5(10)8(17-7)9(11)15/h2,12H,3,10H2,1H3,(H2,11,15). The van der Waals surface area contributed by atoms with E-state index in [4.69, 9.17) is 16.0 Å². The van der Waals surface area contributed by atoms with Gasteiger partial charge in [0.15, 0.2) is 5.82 Å². The number of hydrogen-bond acceptors (Lipinski definition) is 7. The van der Waals surface area contributed by atoms with Gasteiger partial charge in [0, 0.05) is 0 Å². The first kappa shape index (κ1) is 11.4. The number of nitrogen functional groups attached to an aromatic ring is 1. The van der Waals surface area contributed by atoms with Crippen LogP contribution in [0.4, 0.5) is 10.7 Å². The molecule has 0 aromatic carbocycles. The van der Waals surface area contributed by atoms with Crippen LogP contribution in [-0.4, -0.2) is 16.0 Å². The van der Waals surface area contributed by atoms with Gasteiger partial charge in [0.25, 0.3) is 5.91 Å². The van der Waals surface area contributed by atoms with Gasteiger partial charge in [-0.25, -0.2) is 0 Å². The van der Waals surface area contributed by atoms with Crippen LogP contribution in [-0.2, 0) is 6.54 Å². The van der Waals surface area contributed by atoms with Crippen molar-refractivity contribution in [2.75, 3.05) is 11.1 Å². The van der Waals surface area contributed by atoms with Crippen LogP contribution < -0.4 is 16.8 Å². The van der Waals surface area contributed by atoms with Crippen LogP contribution in [0.15, 0.2) is 10.6 Å². The second-order valence-electron chi connectivity index (χ2n) is 3.35. The number of carbonyl (C=O) groups is 1. The average molecular weight is 253 g/mol. The van der Waals surface area contributed by atoms with Crippen molar-refractivity contribution in [1.82, 2.24) is 10.1 Å². The summed E-state index contributed by atoms with van der Waals surface area (Å²) >= 11 is 1.19. The molecule has 90 valence electrons. The molecule has 0 aliphatic carbocycles. The molecule has 0 spiro atoms. The summed E-state index contributed by atoms with van der Waals surface area (Å²) in [5, 5.41) is 7.41. The molecule has 0 saturated heterocycles. The summed E-state index contributed by atoms with van der Waals surface area (Å²) in [6, 6.07) is 1.65. The maximum absolute atomic E-state index is 11.0. The highest BCUT2D eigenvalue weighted by atomic mass is 32.1. The molecule has 2 aromatic rings. The topological polar surface area (TPSA) is 120 Å². The van der Waals surface area contributed by atoms with Crippen molar-refractivity contribution in [3.8, 4) is 0 Å². The van der Waals surface area contributed by atoms with Gasteiger partial charge in [-0.05, 0) is 13.0 Å². The molecule has 0 aliphatic heterocycles. The second-order valence-corrected chi connectivity index (χ2v) is 4.40. The van der Waals surface area contributed by atoms with Gasteiger partial charge in [-0.15, -0.1) is 11.3 Å². The van der Waals surface area contributed by atoms with Crippen molar-refractivity contribution in [2.24, 2.45) is 5.73 Å². The van der Waals surface area contributed by atoms with Crippen LogP contribution in [0.1, 0.15) is 21.4 Å². The Morgan fingerprint density at radius 3 is 2.94 bits per heavy atom. The smallest absolute Gasteiger partial charge is 0.260 e. The van der Waals surface area contributed by atoms with E-state index in [1.54, 1.807) is 13.0 Å². The minimum absolute atomic E-state index is 0.342. The highest BCUT2D eigenvalue weighted by Gasteiger charge is 2.11. The molecular weight excluding hydrogens is 242 g/mol. The number of carbonyl (C=O) groups excluding carboxylic acids is 1. The van der Waals surface area contributed by atoms with Crippen molar-refractivity contribution in [2.45, 2.75) is 13.5 Å². The lowest BCUT2D eigenvalue weighted by atomic mass is 10.4. The maximum Gasteiger partial charge on any atom is 0.260 e. The van der Waals surface area contributed by atoms with Gasteiger partial charge in [-0.2, -0.15) is 4.98 Å². The third-order valence-electron chi connectivity index (χ3n) is 1.97. The first-order valence-corrected chi connectivity index (χ1v) is 5.60. The molecule has 0 saturated carbocycles. The molecule has 7 nitrogen and oxygen atoms in total. The van der Waals surface area contributed by atoms with Gasteiger partial charge < -0.3 is 21.3 Å². The fraction of sp³-hybridized carbons (Fsp3) is 0.222. The number of hydrogen-bond donors (Lipinski definition) is 3. The van der Waals surface area contributed by atoms with E-state index in [-0.39, 0.29) is 0 Å². The summed E-state index contributed by atoms with van der Waals surface area (Å²) in [6.07, 6.45) is 0. The van der Waals surface area contributed by atoms with E-state index < -0.39 is 5.91 Å². The zero-order valence-electron chi connectivity index (χ0n) is 9.06. The molecule has 1 amide bonds. The Bertz CT molecular complexity index is 547. The van der Waals surface area contributed by atoms with E-state index in [2.05, 4.69) is 15.5 Å². The molecule has 2 aromatic heterocycles. The van der Waals surface area contributed by atoms with Gasteiger partial charge >= 0.3 is 0 Å². The Labute approximate surface area is 101 Å². The van der Waals surface area contributed by atoms with Crippen molar-refractivity contribution in [1.29, 1.82) is 0 Å². The van der Waals surface area contributed by atoms with Crippen LogP contribution in [0.2, 0.25) is 0 Å². The number of amides is 1. The van der Waals surface area contributed by atoms with Crippen LogP contribution in [0.5, 0.6) is 0 Å². The summed E-state index contributed by atoms with van der Waals surface area (Å²) in [5.74, 6) is 0.509. The molecule has 0 radical (unpaired) electrons. The highest BCUT2D eigenvalue weighted by Crippen LogP contribution is 2.28. The fourth-order valence-corrected chi connectivity index (χ4v) is 2.09. The lowest BCUT2D eigenvalue weighted by molar-refractivity contribution is 0.100. The monoisotopic (exact) mass is 253 g/mol. The number of anilines is 2. The van der Waals surface area contributed by atoms with Crippen molar-refractivity contribution in [3.63, 3.8) is 0 Å². The Morgan fingerprint density at radius 2 is 2.41 bits per heavy atom. The molecule has 0 unspecified atom stereocenters. The van der Waals surface area contributed by atoms with Gasteiger partial charge in [-0.1, -0.05) is 5.16 Å². The number of rotatable bonds is 4. The lowest BCUT2D eigenvalue weighted by Crippen LogP contribution is -2.10. The van der Waals surface area contributed by atoms with Crippen LogP contribution in [0, 0.1) is 6.92 Å². The van der Waals surface area contributed by atoms with E-state index >= 15 is 0 Å². The third-order valence-corrected chi connectivity index (χ3v) is 3.09. The number of thiophene rings is 1. The first-order valence-electron chi connectivity index (χ1n) is 4.78. The van der Waals surface area contributed by atoms with Gasteiger partial charge in [0.05, 0.1) is 17.2 Å². The number of nitrogens with two attached hydrogens (primary N) is 2. The van der Waals surface area contributed by atoms with Gasteiger partial charge in [0.1, 0.15) is 4.88 Å². The molecule has 8 heteroatoms. The summed E-state index contributed by atoms with van der Waals surface area (Å²) in [5.41, 5.74) is 11.2. The van der Waals surface area contributed by atoms with Crippen LogP contribution in [0.3, 0.4) is 0 Å². The van der Waals surface area contributed by atoms with E-state index in [9.17, 15) is 4.79 Å². The Morgan fingerprint density at radius 1 is 1.65 bits per heavy atom. The van der Waals surface area contributed by atoms with Crippen molar-refractivity contribution >= 4 is 27.9 Å². The van der Waals surface area contributed by atoms with E-state index in [0.717, 1.165) is 5.00 Å². The number of aryl methyl sites for hydroxylation is 1. The zero-order chi connectivity index (χ0) is 12.4. The van der Waals surface area contributed by atoms with Gasteiger partial charge in [0.2, 0.25) is 5.89 Å². The normalized spacial score (nSPS) is 10.4. The molecule has 5 N–H and O–H groups in total. The molecule has 2 rings (SSSR count). The van der Waals surface area contributed by atoms with E-state index in [1.165, 1.54) is 11.3 Å². The minimum Gasteiger partial charge on any atom is -0.397 e. The Hall–Kier alpha value is -2.09. The van der Waals surface area contributed by atoms with E-state index in [1.807, 2.05) is 0 Å². The number of nitrogens with one attached hydrogen (secondary N) is 1. The highest BCUT2D eigenvalue weighted by molar-refractivity contribution is 7.18. The SMILES string of the molecule is Cc1noc(CNc2cc(N)c(C(N)=O)s2)n1. The third kappa shape index (κ3) is 2.53. The van der Waals surface area contributed by atoms with Crippen molar-refractivity contribution < 1.29 is 9.32 Å². The molecule has 17 heavy (non-hydrogen) atoms. The number of primary amides is 1. The molecular formula is C9H11N5O2S. The minimum atomic E-state index is -0.533. The predicted molar refractivity (Wildman–Crippen MR) is 63.6 cm³/mol. The van der Waals surface area contributed by atoms with Crippen LogP contribution >= 0.6 is 11.3 Å². The largest absolute Gasteiger partial charge is 0.397 e. The summed E-state index contributed by atoms with van der Waals surface area (Å²) in [4.78, 5) is 15.4. The molecule has 0 bridgehead atoms. The molecule has 0 atom stereocenters. The lowest BCUT2D eigenvalue weighted by Gasteiger charge is -1.97. The Kier molecular flexibility index (Phi) is 2.96. The van der Waals surface area contributed by atoms with Gasteiger partial charge in [-0.3, -0.25) is 4.79 Å². The molecule has 0 aliphatic rings. The maximum atomic E-state index is 11.0.